The molecule has 66 valence electrons. The first-order chi connectivity index (χ1) is 5.68. The standard InChI is InChI=1S/C6H9N3OS2/c1-5(10)11-4-12-6-3-9(2)8-7-6/h3H,4H2,1-2H3. The largest absolute Gasteiger partial charge is 0.288 e. The quantitative estimate of drug-likeness (QED) is 0.544. The van der Waals surface area contributed by atoms with Crippen LogP contribution in [0.25, 0.3) is 0 Å². The molecular formula is C6H9N3OS2. The van der Waals surface area contributed by atoms with E-state index in [1.54, 1.807) is 11.6 Å². The van der Waals surface area contributed by atoms with Gasteiger partial charge in [-0.15, -0.1) is 5.10 Å². The Labute approximate surface area is 79.1 Å². The number of aromatic nitrogens is 3. The highest BCUT2D eigenvalue weighted by Gasteiger charge is 1.99. The van der Waals surface area contributed by atoms with Gasteiger partial charge in [0.15, 0.2) is 5.12 Å². The molecule has 6 heteroatoms. The SMILES string of the molecule is CC(=O)SCSc1cn(C)nn1. The van der Waals surface area contributed by atoms with Crippen molar-refractivity contribution in [3.8, 4) is 0 Å². The Hall–Kier alpha value is -0.490. The third-order valence-electron chi connectivity index (χ3n) is 1.05. The van der Waals surface area contributed by atoms with Gasteiger partial charge in [-0.1, -0.05) is 28.7 Å². The summed E-state index contributed by atoms with van der Waals surface area (Å²) in [6, 6.07) is 0. The van der Waals surface area contributed by atoms with Crippen molar-refractivity contribution in [2.24, 2.45) is 7.05 Å². The zero-order chi connectivity index (χ0) is 8.97. The highest BCUT2D eigenvalue weighted by Crippen LogP contribution is 2.19. The van der Waals surface area contributed by atoms with Crippen LogP contribution >= 0.6 is 23.5 Å². The molecule has 0 aliphatic rings. The van der Waals surface area contributed by atoms with E-state index >= 15 is 0 Å². The van der Waals surface area contributed by atoms with Crippen LogP contribution in [0.4, 0.5) is 0 Å². The smallest absolute Gasteiger partial charge is 0.186 e. The minimum absolute atomic E-state index is 0.131. The van der Waals surface area contributed by atoms with Gasteiger partial charge < -0.3 is 0 Å². The number of aryl methyl sites for hydroxylation is 1. The van der Waals surface area contributed by atoms with Gasteiger partial charge in [-0.25, -0.2) is 0 Å². The van der Waals surface area contributed by atoms with Gasteiger partial charge in [0.25, 0.3) is 0 Å². The van der Waals surface area contributed by atoms with Crippen LogP contribution in [0.3, 0.4) is 0 Å². The molecule has 1 heterocycles. The van der Waals surface area contributed by atoms with Crippen LogP contribution in [0.2, 0.25) is 0 Å². The van der Waals surface area contributed by atoms with E-state index in [1.165, 1.54) is 23.5 Å². The topological polar surface area (TPSA) is 47.8 Å². The van der Waals surface area contributed by atoms with Crippen LogP contribution in [-0.2, 0) is 11.8 Å². The lowest BCUT2D eigenvalue weighted by Crippen LogP contribution is -1.85. The number of nitrogens with zero attached hydrogens (tertiary/aromatic N) is 3. The van der Waals surface area contributed by atoms with E-state index in [4.69, 9.17) is 0 Å². The maximum atomic E-state index is 10.5. The Bertz CT molecular complexity index is 274. The van der Waals surface area contributed by atoms with Gasteiger partial charge in [0.2, 0.25) is 0 Å². The van der Waals surface area contributed by atoms with Gasteiger partial charge in [0.05, 0.1) is 11.3 Å². The van der Waals surface area contributed by atoms with Crippen molar-refractivity contribution < 1.29 is 4.79 Å². The second-order valence-corrected chi connectivity index (χ2v) is 4.64. The highest BCUT2D eigenvalue weighted by molar-refractivity contribution is 8.23. The van der Waals surface area contributed by atoms with Crippen LogP contribution in [0.15, 0.2) is 11.2 Å². The lowest BCUT2D eigenvalue weighted by Gasteiger charge is -1.91. The van der Waals surface area contributed by atoms with E-state index in [9.17, 15) is 4.79 Å². The van der Waals surface area contributed by atoms with Gasteiger partial charge in [-0.2, -0.15) is 0 Å². The number of hydrogen-bond acceptors (Lipinski definition) is 5. The summed E-state index contributed by atoms with van der Waals surface area (Å²) in [5.41, 5.74) is 0. The number of hydrogen-bond donors (Lipinski definition) is 0. The van der Waals surface area contributed by atoms with E-state index < -0.39 is 0 Å². The van der Waals surface area contributed by atoms with Crippen molar-refractivity contribution in [3.05, 3.63) is 6.20 Å². The number of thioether (sulfide) groups is 2. The monoisotopic (exact) mass is 203 g/mol. The second-order valence-electron chi connectivity index (χ2n) is 2.13. The second kappa shape index (κ2) is 4.51. The van der Waals surface area contributed by atoms with Gasteiger partial charge in [0, 0.05) is 14.0 Å². The molecule has 0 bridgehead atoms. The van der Waals surface area contributed by atoms with Crippen molar-refractivity contribution in [1.82, 2.24) is 15.0 Å². The van der Waals surface area contributed by atoms with Gasteiger partial charge in [0.1, 0.15) is 5.03 Å². The highest BCUT2D eigenvalue weighted by atomic mass is 32.2. The zero-order valence-electron chi connectivity index (χ0n) is 6.85. The summed E-state index contributed by atoms with van der Waals surface area (Å²) >= 11 is 2.80. The fraction of sp³-hybridized carbons (Fsp3) is 0.500. The lowest BCUT2D eigenvalue weighted by molar-refractivity contribution is -0.109. The summed E-state index contributed by atoms with van der Waals surface area (Å²) in [5, 5.41) is 9.32. The third kappa shape index (κ3) is 3.27. The van der Waals surface area contributed by atoms with E-state index in [1.807, 2.05) is 13.2 Å². The summed E-state index contributed by atoms with van der Waals surface area (Å²) < 4.78 is 1.64. The number of carbonyl (C=O) groups is 1. The minimum atomic E-state index is 0.131. The molecule has 0 saturated carbocycles. The Morgan fingerprint density at radius 2 is 2.50 bits per heavy atom. The molecule has 0 saturated heterocycles. The molecule has 1 rings (SSSR count). The predicted molar refractivity (Wildman–Crippen MR) is 50.0 cm³/mol. The molecule has 0 atom stereocenters. The summed E-state index contributed by atoms with van der Waals surface area (Å²) in [7, 11) is 1.81. The molecule has 0 aromatic carbocycles. The Morgan fingerprint density at radius 1 is 1.75 bits per heavy atom. The first-order valence-electron chi connectivity index (χ1n) is 3.31. The molecule has 12 heavy (non-hydrogen) atoms. The minimum Gasteiger partial charge on any atom is -0.288 e. The molecule has 1 aromatic rings. The van der Waals surface area contributed by atoms with Crippen LogP contribution in [0, 0.1) is 0 Å². The average Bonchev–Trinajstić information content (AvgIpc) is 2.35. The first kappa shape index (κ1) is 9.60. The van der Waals surface area contributed by atoms with E-state index in [0.29, 0.717) is 5.08 Å². The van der Waals surface area contributed by atoms with Crippen LogP contribution in [0.5, 0.6) is 0 Å². The molecule has 1 aromatic heterocycles. The molecule has 0 N–H and O–H groups in total. The van der Waals surface area contributed by atoms with E-state index in [0.717, 1.165) is 5.03 Å². The molecule has 0 unspecified atom stereocenters. The first-order valence-corrected chi connectivity index (χ1v) is 5.28. The third-order valence-corrected chi connectivity index (χ3v) is 2.88. The van der Waals surface area contributed by atoms with Gasteiger partial charge >= 0.3 is 0 Å². The molecular weight excluding hydrogens is 194 g/mol. The molecule has 0 spiro atoms. The van der Waals surface area contributed by atoms with Gasteiger partial charge in [-0.05, 0) is 0 Å². The molecule has 0 amide bonds. The van der Waals surface area contributed by atoms with Crippen LogP contribution in [-0.4, -0.2) is 25.2 Å². The summed E-state index contributed by atoms with van der Waals surface area (Å²) in [5.74, 6) is 0. The summed E-state index contributed by atoms with van der Waals surface area (Å²) in [4.78, 5) is 10.5. The summed E-state index contributed by atoms with van der Waals surface area (Å²) in [6.45, 7) is 1.56. The summed E-state index contributed by atoms with van der Waals surface area (Å²) in [6.07, 6.45) is 1.82. The molecule has 4 nitrogen and oxygen atoms in total. The van der Waals surface area contributed by atoms with Crippen molar-refractivity contribution >= 4 is 28.6 Å². The Kier molecular flexibility index (Phi) is 3.61. The van der Waals surface area contributed by atoms with Crippen LogP contribution < -0.4 is 0 Å². The zero-order valence-corrected chi connectivity index (χ0v) is 8.48. The Morgan fingerprint density at radius 3 is 3.00 bits per heavy atom. The Balaban J connectivity index is 2.29. The fourth-order valence-electron chi connectivity index (χ4n) is 0.565. The molecule has 0 aliphatic heterocycles. The van der Waals surface area contributed by atoms with Crippen molar-refractivity contribution in [2.45, 2.75) is 11.9 Å². The number of rotatable bonds is 3. The fourth-order valence-corrected chi connectivity index (χ4v) is 2.27. The molecule has 0 aliphatic carbocycles. The van der Waals surface area contributed by atoms with Gasteiger partial charge in [-0.3, -0.25) is 9.48 Å². The maximum absolute atomic E-state index is 10.5. The van der Waals surface area contributed by atoms with Crippen molar-refractivity contribution in [1.29, 1.82) is 0 Å². The van der Waals surface area contributed by atoms with Crippen molar-refractivity contribution in [3.63, 3.8) is 0 Å². The number of carbonyl (C=O) groups excluding carboxylic acids is 1. The van der Waals surface area contributed by atoms with Crippen molar-refractivity contribution in [2.75, 3.05) is 5.08 Å². The van der Waals surface area contributed by atoms with E-state index in [2.05, 4.69) is 10.3 Å². The molecule has 0 fully saturated rings. The van der Waals surface area contributed by atoms with Crippen LogP contribution in [0.1, 0.15) is 6.92 Å². The molecule has 0 radical (unpaired) electrons. The van der Waals surface area contributed by atoms with E-state index in [-0.39, 0.29) is 5.12 Å². The maximum Gasteiger partial charge on any atom is 0.186 e. The predicted octanol–water partition coefficient (Wildman–Crippen LogP) is 1.14. The lowest BCUT2D eigenvalue weighted by atomic mass is 10.9. The normalized spacial score (nSPS) is 10.2. The average molecular weight is 203 g/mol.